The van der Waals surface area contributed by atoms with Gasteiger partial charge in [-0.25, -0.2) is 8.78 Å². The smallest absolute Gasteiger partial charge is 0.303 e. The van der Waals surface area contributed by atoms with E-state index < -0.39 is 58.9 Å². The number of hydrogen-bond acceptors (Lipinski definition) is 7. The number of halogens is 2. The lowest BCUT2D eigenvalue weighted by molar-refractivity contribution is -0.140. The SMILES string of the molecule is CC(NCC(=O)NCCNC(=O)[C@@H](N)CCN(C(=O)CO)[C@@H](c1cc(-c2cc(F)ccc2F)cn1Cc1ccccc1)C(C)(C)C)C(C)(C)CC(=O)O. The number of carbonyl (C=O) groups excluding carboxylic acids is 3. The van der Waals surface area contributed by atoms with Crippen LogP contribution in [0.25, 0.3) is 11.1 Å². The molecule has 0 aliphatic heterocycles. The van der Waals surface area contributed by atoms with Crippen molar-refractivity contribution in [3.8, 4) is 11.1 Å². The van der Waals surface area contributed by atoms with Gasteiger partial charge in [0.25, 0.3) is 0 Å². The van der Waals surface area contributed by atoms with Crippen LogP contribution < -0.4 is 21.7 Å². The van der Waals surface area contributed by atoms with E-state index in [1.54, 1.807) is 26.1 Å². The second-order valence-corrected chi connectivity index (χ2v) is 15.1. The number of benzene rings is 2. The number of nitrogens with zero attached hydrogens (tertiary/aromatic N) is 2. The molecule has 0 aliphatic carbocycles. The van der Waals surface area contributed by atoms with Gasteiger partial charge in [0, 0.05) is 55.2 Å². The summed E-state index contributed by atoms with van der Waals surface area (Å²) in [6, 6.07) is 12.5. The molecule has 1 aromatic heterocycles. The van der Waals surface area contributed by atoms with Crippen molar-refractivity contribution in [1.29, 1.82) is 0 Å². The van der Waals surface area contributed by atoms with E-state index in [9.17, 15) is 28.7 Å². The number of aliphatic carboxylic acids is 1. The van der Waals surface area contributed by atoms with Gasteiger partial charge >= 0.3 is 5.97 Å². The molecule has 2 aromatic carbocycles. The van der Waals surface area contributed by atoms with Crippen molar-refractivity contribution in [2.24, 2.45) is 16.6 Å². The van der Waals surface area contributed by atoms with Crippen LogP contribution >= 0.6 is 0 Å². The third-order valence-corrected chi connectivity index (χ3v) is 9.34. The zero-order chi connectivity index (χ0) is 39.5. The molecule has 0 aliphatic rings. The molecule has 1 unspecified atom stereocenters. The fourth-order valence-electron chi connectivity index (χ4n) is 6.16. The summed E-state index contributed by atoms with van der Waals surface area (Å²) in [5.74, 6) is -3.55. The Balaban J connectivity index is 1.73. The van der Waals surface area contributed by atoms with Crippen LogP contribution in [0.4, 0.5) is 8.78 Å². The summed E-state index contributed by atoms with van der Waals surface area (Å²) in [5.41, 5.74) is 7.07. The number of aromatic nitrogens is 1. The van der Waals surface area contributed by atoms with Gasteiger partial charge in [0.1, 0.15) is 18.2 Å². The minimum absolute atomic E-state index is 0.00505. The standard InChI is InChI=1S/C39H54F2N6O6/c1-25(39(5,6)20-35(51)52)45-21-33(49)43-15-16-44-37(53)31(42)14-17-47(34(50)24-48)36(38(2,3)4)32-18-27(29-19-28(40)12-13-30(29)41)23-46(32)22-26-10-8-7-9-11-26/h7-13,18-19,23,25,31,36,45,48H,14-17,20-22,24,42H2,1-6H3,(H,43,49)(H,44,53)(H,51,52)/t25?,31-,36-/m0/s1. The van der Waals surface area contributed by atoms with Gasteiger partial charge in [-0.1, -0.05) is 65.0 Å². The Morgan fingerprint density at radius 1 is 0.962 bits per heavy atom. The number of aliphatic hydroxyl groups excluding tert-OH is 1. The number of nitrogens with two attached hydrogens (primary N) is 1. The summed E-state index contributed by atoms with van der Waals surface area (Å²) in [4.78, 5) is 51.3. The second-order valence-electron chi connectivity index (χ2n) is 15.1. The molecule has 3 atom stereocenters. The Hall–Kier alpha value is -4.66. The predicted molar refractivity (Wildman–Crippen MR) is 198 cm³/mol. The molecule has 0 saturated heterocycles. The maximum atomic E-state index is 15.0. The fraction of sp³-hybridized carbons (Fsp3) is 0.487. The molecule has 0 fully saturated rings. The Labute approximate surface area is 310 Å². The van der Waals surface area contributed by atoms with E-state index in [-0.39, 0.29) is 56.5 Å². The normalized spacial score (nSPS) is 13.5. The summed E-state index contributed by atoms with van der Waals surface area (Å²) >= 11 is 0. The van der Waals surface area contributed by atoms with E-state index in [1.807, 2.05) is 62.6 Å². The molecule has 0 radical (unpaired) electrons. The van der Waals surface area contributed by atoms with Gasteiger partial charge in [-0.05, 0) is 54.0 Å². The summed E-state index contributed by atoms with van der Waals surface area (Å²) in [6.07, 6.45) is 1.70. The molecule has 1 heterocycles. The van der Waals surface area contributed by atoms with Crippen LogP contribution in [0.1, 0.15) is 71.7 Å². The van der Waals surface area contributed by atoms with Gasteiger partial charge in [-0.3, -0.25) is 19.2 Å². The average Bonchev–Trinajstić information content (AvgIpc) is 3.49. The molecule has 14 heteroatoms. The molecule has 53 heavy (non-hydrogen) atoms. The van der Waals surface area contributed by atoms with Crippen LogP contribution in [0.2, 0.25) is 0 Å². The maximum Gasteiger partial charge on any atom is 0.303 e. The van der Waals surface area contributed by atoms with Crippen molar-refractivity contribution < 1.29 is 38.2 Å². The molecule has 0 bridgehead atoms. The third-order valence-electron chi connectivity index (χ3n) is 9.34. The number of rotatable bonds is 19. The number of carboxylic acid groups (broad SMARTS) is 1. The Kier molecular flexibility index (Phi) is 15.2. The average molecular weight is 741 g/mol. The first-order valence-corrected chi connectivity index (χ1v) is 17.7. The maximum absolute atomic E-state index is 15.0. The van der Waals surface area contributed by atoms with Gasteiger partial charge in [0.15, 0.2) is 0 Å². The lowest BCUT2D eigenvalue weighted by Crippen LogP contribution is -2.49. The lowest BCUT2D eigenvalue weighted by atomic mass is 9.82. The zero-order valence-electron chi connectivity index (χ0n) is 31.4. The Bertz CT molecular complexity index is 1710. The fourth-order valence-corrected chi connectivity index (χ4v) is 6.16. The highest BCUT2D eigenvalue weighted by molar-refractivity contribution is 5.82. The van der Waals surface area contributed by atoms with Gasteiger partial charge < -0.3 is 41.4 Å². The highest BCUT2D eigenvalue weighted by atomic mass is 19.1. The number of carbonyl (C=O) groups is 4. The number of amides is 3. The Morgan fingerprint density at radius 3 is 2.25 bits per heavy atom. The number of carboxylic acids is 1. The zero-order valence-corrected chi connectivity index (χ0v) is 31.4. The molecule has 3 aromatic rings. The molecular weight excluding hydrogens is 686 g/mol. The topological polar surface area (TPSA) is 179 Å². The number of aliphatic hydroxyl groups is 1. The van der Waals surface area contributed by atoms with Crippen LogP contribution in [0.5, 0.6) is 0 Å². The number of hydrogen-bond donors (Lipinski definition) is 6. The molecule has 7 N–H and O–H groups in total. The molecule has 3 amide bonds. The van der Waals surface area contributed by atoms with Crippen molar-refractivity contribution in [3.63, 3.8) is 0 Å². The summed E-state index contributed by atoms with van der Waals surface area (Å²) in [6.45, 7) is 10.9. The van der Waals surface area contributed by atoms with Crippen molar-refractivity contribution in [3.05, 3.63) is 83.7 Å². The molecule has 0 saturated carbocycles. The highest BCUT2D eigenvalue weighted by Crippen LogP contribution is 2.41. The van der Waals surface area contributed by atoms with Crippen molar-refractivity contribution in [1.82, 2.24) is 25.4 Å². The van der Waals surface area contributed by atoms with E-state index in [0.717, 1.165) is 23.8 Å². The largest absolute Gasteiger partial charge is 0.481 e. The van der Waals surface area contributed by atoms with E-state index in [1.165, 1.54) is 4.90 Å². The van der Waals surface area contributed by atoms with Crippen molar-refractivity contribution in [2.75, 3.05) is 32.8 Å². The first kappa shape index (κ1) is 42.8. The quantitative estimate of drug-likeness (QED) is 0.101. The van der Waals surface area contributed by atoms with E-state index >= 15 is 4.39 Å². The molecule has 12 nitrogen and oxygen atoms in total. The van der Waals surface area contributed by atoms with E-state index in [4.69, 9.17) is 10.8 Å². The Morgan fingerprint density at radius 2 is 1.62 bits per heavy atom. The van der Waals surface area contributed by atoms with Gasteiger partial charge in [-0.15, -0.1) is 0 Å². The van der Waals surface area contributed by atoms with E-state index in [2.05, 4.69) is 16.0 Å². The van der Waals surface area contributed by atoms with Crippen LogP contribution in [0.15, 0.2) is 60.8 Å². The first-order chi connectivity index (χ1) is 24.8. The van der Waals surface area contributed by atoms with Crippen molar-refractivity contribution >= 4 is 23.7 Å². The van der Waals surface area contributed by atoms with Crippen LogP contribution in [-0.4, -0.2) is 88.2 Å². The van der Waals surface area contributed by atoms with Crippen molar-refractivity contribution in [2.45, 2.75) is 79.1 Å². The number of nitrogens with one attached hydrogen (secondary N) is 3. The molecule has 3 rings (SSSR count). The van der Waals surface area contributed by atoms with Crippen LogP contribution in [-0.2, 0) is 25.7 Å². The minimum Gasteiger partial charge on any atom is -0.481 e. The van der Waals surface area contributed by atoms with Crippen LogP contribution in [0, 0.1) is 22.5 Å². The summed E-state index contributed by atoms with van der Waals surface area (Å²) in [7, 11) is 0. The molecule has 290 valence electrons. The molecular formula is C39H54F2N6O6. The van der Waals surface area contributed by atoms with Gasteiger partial charge in [0.2, 0.25) is 17.7 Å². The van der Waals surface area contributed by atoms with Gasteiger partial charge in [-0.2, -0.15) is 0 Å². The minimum atomic E-state index is -1.03. The summed E-state index contributed by atoms with van der Waals surface area (Å²) < 4.78 is 31.2. The predicted octanol–water partition coefficient (Wildman–Crippen LogP) is 3.82. The van der Waals surface area contributed by atoms with Crippen LogP contribution in [0.3, 0.4) is 0 Å². The van der Waals surface area contributed by atoms with Gasteiger partial charge in [0.05, 0.1) is 25.0 Å². The van der Waals surface area contributed by atoms with E-state index in [0.29, 0.717) is 17.8 Å². The summed E-state index contributed by atoms with van der Waals surface area (Å²) in [5, 5.41) is 27.6. The molecule has 0 spiro atoms. The third kappa shape index (κ3) is 12.5. The monoisotopic (exact) mass is 740 g/mol. The first-order valence-electron chi connectivity index (χ1n) is 17.7. The highest BCUT2D eigenvalue weighted by Gasteiger charge is 2.37. The lowest BCUT2D eigenvalue weighted by Gasteiger charge is -2.41. The second kappa shape index (κ2) is 18.9.